The van der Waals surface area contributed by atoms with Crippen molar-refractivity contribution in [1.82, 2.24) is 14.5 Å². The number of anilines is 1. The van der Waals surface area contributed by atoms with Gasteiger partial charge in [-0.25, -0.2) is 9.97 Å². The molecule has 0 bridgehead atoms. The van der Waals surface area contributed by atoms with E-state index in [9.17, 15) is 5.11 Å². The molecule has 0 radical (unpaired) electrons. The van der Waals surface area contributed by atoms with E-state index in [1.807, 2.05) is 31.6 Å². The lowest BCUT2D eigenvalue weighted by Crippen LogP contribution is -2.26. The maximum atomic E-state index is 10.9. The van der Waals surface area contributed by atoms with Crippen LogP contribution >= 0.6 is 11.3 Å². The van der Waals surface area contributed by atoms with Gasteiger partial charge in [0.2, 0.25) is 5.95 Å². The summed E-state index contributed by atoms with van der Waals surface area (Å²) in [6.45, 7) is 0.744. The Kier molecular flexibility index (Phi) is 4.21. The number of hydrogen-bond acceptors (Lipinski definition) is 6. The first-order chi connectivity index (χ1) is 13.6. The Balaban J connectivity index is 1.41. The van der Waals surface area contributed by atoms with Crippen LogP contribution in [0.3, 0.4) is 0 Å². The normalized spacial score (nSPS) is 15.8. The Morgan fingerprint density at radius 3 is 3.04 bits per heavy atom. The fraction of sp³-hybridized carbons (Fsp3) is 0.333. The topological polar surface area (TPSA) is 63.4 Å². The van der Waals surface area contributed by atoms with Gasteiger partial charge in [0.15, 0.2) is 6.23 Å². The van der Waals surface area contributed by atoms with Gasteiger partial charge in [0.25, 0.3) is 0 Å². The molecular formula is C21H22N4O2S. The molecule has 1 atom stereocenters. The summed E-state index contributed by atoms with van der Waals surface area (Å²) < 4.78 is 7.65. The van der Waals surface area contributed by atoms with Crippen LogP contribution in [0.5, 0.6) is 5.75 Å². The van der Waals surface area contributed by atoms with Gasteiger partial charge < -0.3 is 19.3 Å². The summed E-state index contributed by atoms with van der Waals surface area (Å²) in [5.41, 5.74) is 5.11. The number of thiazole rings is 1. The second kappa shape index (κ2) is 6.76. The average molecular weight is 395 g/mol. The van der Waals surface area contributed by atoms with E-state index < -0.39 is 6.23 Å². The highest BCUT2D eigenvalue weighted by molar-refractivity contribution is 7.13. The lowest BCUT2D eigenvalue weighted by atomic mass is 10.1. The van der Waals surface area contributed by atoms with E-state index in [0.29, 0.717) is 5.69 Å². The smallest absolute Gasteiger partial charge is 0.208 e. The van der Waals surface area contributed by atoms with E-state index in [-0.39, 0.29) is 0 Å². The molecule has 1 unspecified atom stereocenters. The second-order valence-electron chi connectivity index (χ2n) is 7.23. The number of rotatable bonds is 4. The van der Waals surface area contributed by atoms with E-state index in [0.717, 1.165) is 53.8 Å². The Hall–Kier alpha value is -2.64. The van der Waals surface area contributed by atoms with Crippen molar-refractivity contribution in [3.8, 4) is 16.3 Å². The zero-order valence-corrected chi connectivity index (χ0v) is 16.7. The molecule has 3 aromatic rings. The summed E-state index contributed by atoms with van der Waals surface area (Å²) in [7, 11) is 3.86. The molecular weight excluding hydrogens is 372 g/mol. The third-order valence-corrected chi connectivity index (χ3v) is 6.36. The predicted molar refractivity (Wildman–Crippen MR) is 111 cm³/mol. The van der Waals surface area contributed by atoms with Gasteiger partial charge >= 0.3 is 0 Å². The summed E-state index contributed by atoms with van der Waals surface area (Å²) in [4.78, 5) is 11.2. The molecule has 0 fully saturated rings. The van der Waals surface area contributed by atoms with Gasteiger partial charge in [-0.15, -0.1) is 11.3 Å². The van der Waals surface area contributed by atoms with Crippen LogP contribution < -0.4 is 9.64 Å². The Bertz CT molecular complexity index is 1070. The summed E-state index contributed by atoms with van der Waals surface area (Å²) in [6, 6.07) is 6.18. The number of aliphatic hydroxyl groups is 1. The number of fused-ring (bicyclic) bond motifs is 2. The molecule has 0 saturated carbocycles. The number of imidazole rings is 1. The molecule has 7 heteroatoms. The molecule has 1 N–H and O–H groups in total. The van der Waals surface area contributed by atoms with Gasteiger partial charge in [0.05, 0.1) is 12.3 Å². The van der Waals surface area contributed by atoms with Crippen LogP contribution in [-0.2, 0) is 19.9 Å². The molecule has 28 heavy (non-hydrogen) atoms. The Labute approximate surface area is 167 Å². The zero-order valence-electron chi connectivity index (χ0n) is 15.9. The second-order valence-corrected chi connectivity index (χ2v) is 8.08. The van der Waals surface area contributed by atoms with Crippen LogP contribution in [0.25, 0.3) is 16.6 Å². The number of allylic oxidation sites excluding steroid dienone is 1. The van der Waals surface area contributed by atoms with Gasteiger partial charge in [-0.05, 0) is 42.7 Å². The molecule has 0 saturated heterocycles. The maximum Gasteiger partial charge on any atom is 0.208 e. The van der Waals surface area contributed by atoms with Gasteiger partial charge in [0.1, 0.15) is 16.5 Å². The molecule has 2 aromatic heterocycles. The molecule has 6 nitrogen and oxygen atoms in total. The van der Waals surface area contributed by atoms with Crippen molar-refractivity contribution in [1.29, 1.82) is 0 Å². The monoisotopic (exact) mass is 394 g/mol. The molecule has 0 amide bonds. The SMILES string of the molecule is CN(c1nc2c(n1C)CCC=C2)C(O)c1csc(-c2ccc3c(c2)CCO3)n1. The van der Waals surface area contributed by atoms with Gasteiger partial charge in [-0.3, -0.25) is 0 Å². The highest BCUT2D eigenvalue weighted by Gasteiger charge is 2.24. The lowest BCUT2D eigenvalue weighted by molar-refractivity contribution is 0.172. The number of aliphatic hydroxyl groups excluding tert-OH is 1. The summed E-state index contributed by atoms with van der Waals surface area (Å²) in [6.07, 6.45) is 6.28. The number of aromatic nitrogens is 3. The van der Waals surface area contributed by atoms with Crippen molar-refractivity contribution in [2.75, 3.05) is 18.6 Å². The molecule has 1 aliphatic heterocycles. The van der Waals surface area contributed by atoms with Crippen molar-refractivity contribution in [2.24, 2.45) is 7.05 Å². The third-order valence-electron chi connectivity index (χ3n) is 5.45. The molecule has 2 aliphatic rings. The first-order valence-corrected chi connectivity index (χ1v) is 10.3. The molecule has 3 heterocycles. The Morgan fingerprint density at radius 1 is 1.29 bits per heavy atom. The van der Waals surface area contributed by atoms with Gasteiger partial charge in [0, 0.05) is 37.2 Å². The standard InChI is InChI=1S/C21H22N4O2S/c1-24-17-6-4-3-5-15(17)23-21(24)25(2)20(26)16-12-28-19(22-16)14-7-8-18-13(11-14)9-10-27-18/h3,5,7-8,11-12,20,26H,4,6,9-10H2,1-2H3. The van der Waals surface area contributed by atoms with Crippen LogP contribution in [0.1, 0.15) is 35.3 Å². The van der Waals surface area contributed by atoms with Crippen molar-refractivity contribution >= 4 is 23.4 Å². The van der Waals surface area contributed by atoms with Crippen LogP contribution in [-0.4, -0.2) is 33.3 Å². The molecule has 0 spiro atoms. The number of benzene rings is 1. The van der Waals surface area contributed by atoms with Crippen molar-refractivity contribution < 1.29 is 9.84 Å². The first-order valence-electron chi connectivity index (χ1n) is 9.46. The quantitative estimate of drug-likeness (QED) is 0.686. The highest BCUT2D eigenvalue weighted by atomic mass is 32.1. The van der Waals surface area contributed by atoms with Crippen molar-refractivity contribution in [3.05, 3.63) is 52.3 Å². The van der Waals surface area contributed by atoms with Gasteiger partial charge in [-0.2, -0.15) is 0 Å². The number of hydrogen-bond donors (Lipinski definition) is 1. The Morgan fingerprint density at radius 2 is 2.18 bits per heavy atom. The minimum atomic E-state index is -0.853. The minimum Gasteiger partial charge on any atom is -0.493 e. The fourth-order valence-corrected chi connectivity index (χ4v) is 4.69. The maximum absolute atomic E-state index is 10.9. The van der Waals surface area contributed by atoms with E-state index in [1.54, 1.807) is 16.2 Å². The van der Waals surface area contributed by atoms with Crippen LogP contribution in [0.2, 0.25) is 0 Å². The van der Waals surface area contributed by atoms with Crippen LogP contribution in [0.15, 0.2) is 29.7 Å². The first kappa shape index (κ1) is 17.5. The molecule has 1 aliphatic carbocycles. The number of ether oxygens (including phenoxy) is 1. The predicted octanol–water partition coefficient (Wildman–Crippen LogP) is 3.57. The van der Waals surface area contributed by atoms with Crippen LogP contribution in [0.4, 0.5) is 5.95 Å². The van der Waals surface area contributed by atoms with Crippen molar-refractivity contribution in [2.45, 2.75) is 25.5 Å². The molecule has 1 aromatic carbocycles. The van der Waals surface area contributed by atoms with E-state index in [4.69, 9.17) is 14.7 Å². The summed E-state index contributed by atoms with van der Waals surface area (Å²) >= 11 is 1.54. The molecule has 144 valence electrons. The van der Waals surface area contributed by atoms with Gasteiger partial charge in [-0.1, -0.05) is 6.08 Å². The lowest BCUT2D eigenvalue weighted by Gasteiger charge is -2.23. The van der Waals surface area contributed by atoms with E-state index >= 15 is 0 Å². The van der Waals surface area contributed by atoms with E-state index in [1.165, 1.54) is 11.3 Å². The molecule has 5 rings (SSSR count). The summed E-state index contributed by atoms with van der Waals surface area (Å²) in [5.74, 6) is 1.71. The van der Waals surface area contributed by atoms with E-state index in [2.05, 4.69) is 22.8 Å². The van der Waals surface area contributed by atoms with Crippen LogP contribution in [0, 0.1) is 0 Å². The average Bonchev–Trinajstić information content (AvgIpc) is 3.45. The fourth-order valence-electron chi connectivity index (χ4n) is 3.86. The zero-order chi connectivity index (χ0) is 19.3. The third kappa shape index (κ3) is 2.82. The largest absolute Gasteiger partial charge is 0.493 e. The highest BCUT2D eigenvalue weighted by Crippen LogP contribution is 2.34. The summed E-state index contributed by atoms with van der Waals surface area (Å²) in [5, 5.41) is 13.7. The minimum absolute atomic E-state index is 0.635. The van der Waals surface area contributed by atoms with Crippen molar-refractivity contribution in [3.63, 3.8) is 0 Å². The number of nitrogens with zero attached hydrogens (tertiary/aromatic N) is 4.